The Hall–Kier alpha value is -2.83. The molecule has 2 aromatic rings. The lowest BCUT2D eigenvalue weighted by molar-refractivity contribution is -0.147. The van der Waals surface area contributed by atoms with Crippen LogP contribution in [0.1, 0.15) is 32.0 Å². The number of nitrogens with zero attached hydrogens (tertiary/aromatic N) is 1. The van der Waals surface area contributed by atoms with Crippen molar-refractivity contribution in [3.63, 3.8) is 0 Å². The lowest BCUT2D eigenvalue weighted by atomic mass is 10.1. The summed E-state index contributed by atoms with van der Waals surface area (Å²) in [7, 11) is 0. The van der Waals surface area contributed by atoms with Gasteiger partial charge in [-0.1, -0.05) is 30.3 Å². The van der Waals surface area contributed by atoms with Crippen LogP contribution >= 0.6 is 0 Å². The first-order valence-corrected chi connectivity index (χ1v) is 8.01. The van der Waals surface area contributed by atoms with Crippen LogP contribution in [0, 0.1) is 0 Å². The van der Waals surface area contributed by atoms with E-state index in [0.29, 0.717) is 5.69 Å². The number of ether oxygens (including phenoxy) is 2. The van der Waals surface area contributed by atoms with Crippen molar-refractivity contribution in [3.05, 3.63) is 54.1 Å². The summed E-state index contributed by atoms with van der Waals surface area (Å²) in [5.74, 6) is -0.544. The fourth-order valence-corrected chi connectivity index (χ4v) is 2.08. The van der Waals surface area contributed by atoms with E-state index in [-0.39, 0.29) is 13.0 Å². The zero-order valence-corrected chi connectivity index (χ0v) is 14.6. The maximum atomic E-state index is 12.4. The molecule has 0 aliphatic heterocycles. The van der Waals surface area contributed by atoms with Crippen LogP contribution < -0.4 is 5.32 Å². The summed E-state index contributed by atoms with van der Waals surface area (Å²) in [6.45, 7) is 5.39. The van der Waals surface area contributed by atoms with Gasteiger partial charge in [-0.3, -0.25) is 0 Å². The van der Waals surface area contributed by atoms with Crippen molar-refractivity contribution in [1.29, 1.82) is 0 Å². The minimum Gasteiger partial charge on any atom is -0.459 e. The molecule has 0 fully saturated rings. The first kappa shape index (κ1) is 18.5. The van der Waals surface area contributed by atoms with Crippen LogP contribution in [-0.2, 0) is 27.3 Å². The van der Waals surface area contributed by atoms with Crippen molar-refractivity contribution in [1.82, 2.24) is 15.3 Å². The summed E-state index contributed by atoms with van der Waals surface area (Å²) < 4.78 is 10.5. The Labute approximate surface area is 146 Å². The van der Waals surface area contributed by atoms with Crippen LogP contribution in [0.25, 0.3) is 0 Å². The predicted octanol–water partition coefficient (Wildman–Crippen LogP) is 2.59. The third-order valence-corrected chi connectivity index (χ3v) is 3.17. The molecule has 2 N–H and O–H groups in total. The van der Waals surface area contributed by atoms with E-state index in [1.807, 2.05) is 30.3 Å². The number of benzene rings is 1. The molecule has 0 aliphatic carbocycles. The topological polar surface area (TPSA) is 93.3 Å². The summed E-state index contributed by atoms with van der Waals surface area (Å²) >= 11 is 0. The molecule has 7 nitrogen and oxygen atoms in total. The summed E-state index contributed by atoms with van der Waals surface area (Å²) in [4.78, 5) is 31.3. The highest BCUT2D eigenvalue weighted by Gasteiger charge is 2.26. The number of nitrogens with one attached hydrogen (secondary N) is 2. The zero-order chi connectivity index (χ0) is 18.3. The fraction of sp³-hybridized carbons (Fsp3) is 0.389. The number of rotatable bonds is 6. The molecular formula is C18H23N3O4. The average Bonchev–Trinajstić information content (AvgIpc) is 3.04. The molecule has 0 radical (unpaired) electrons. The van der Waals surface area contributed by atoms with Crippen molar-refractivity contribution in [2.75, 3.05) is 0 Å². The monoisotopic (exact) mass is 345 g/mol. The highest BCUT2D eigenvalue weighted by atomic mass is 16.6. The fourth-order valence-electron chi connectivity index (χ4n) is 2.08. The van der Waals surface area contributed by atoms with Crippen molar-refractivity contribution in [2.24, 2.45) is 0 Å². The van der Waals surface area contributed by atoms with E-state index in [2.05, 4.69) is 15.3 Å². The molecule has 1 atom stereocenters. The maximum absolute atomic E-state index is 12.4. The number of aromatic amines is 1. The molecule has 0 aliphatic rings. The van der Waals surface area contributed by atoms with Crippen LogP contribution in [0.3, 0.4) is 0 Å². The number of H-pyrrole nitrogens is 1. The lowest BCUT2D eigenvalue weighted by Gasteiger charge is -2.22. The van der Waals surface area contributed by atoms with Gasteiger partial charge in [-0.15, -0.1) is 0 Å². The highest BCUT2D eigenvalue weighted by molar-refractivity contribution is 5.81. The van der Waals surface area contributed by atoms with Gasteiger partial charge in [0.05, 0.1) is 12.0 Å². The molecule has 1 aromatic carbocycles. The van der Waals surface area contributed by atoms with Crippen LogP contribution in [-0.4, -0.2) is 33.7 Å². The number of imidazole rings is 1. The van der Waals surface area contributed by atoms with E-state index < -0.39 is 23.7 Å². The first-order valence-electron chi connectivity index (χ1n) is 8.01. The molecule has 0 spiro atoms. The van der Waals surface area contributed by atoms with Gasteiger partial charge in [0.15, 0.2) is 0 Å². The second-order valence-corrected chi connectivity index (χ2v) is 6.56. The third-order valence-electron chi connectivity index (χ3n) is 3.17. The smallest absolute Gasteiger partial charge is 0.408 e. The highest BCUT2D eigenvalue weighted by Crippen LogP contribution is 2.09. The normalized spacial score (nSPS) is 12.3. The molecule has 1 aromatic heterocycles. The summed E-state index contributed by atoms with van der Waals surface area (Å²) in [6, 6.07) is 8.44. The Morgan fingerprint density at radius 1 is 1.24 bits per heavy atom. The Morgan fingerprint density at radius 2 is 1.96 bits per heavy atom. The van der Waals surface area contributed by atoms with Gasteiger partial charge in [-0.25, -0.2) is 14.6 Å². The Balaban J connectivity index is 1.99. The molecule has 1 heterocycles. The van der Waals surface area contributed by atoms with Crippen LogP contribution in [0.2, 0.25) is 0 Å². The standard InChI is InChI=1S/C18H23N3O4/c1-18(2,3)25-17(23)21-15(9-14-10-19-12-20-14)16(22)24-11-13-7-5-4-6-8-13/h4-8,10,12,15H,9,11H2,1-3H3,(H,19,20)(H,21,23)/t15-/m0/s1. The van der Waals surface area contributed by atoms with Gasteiger partial charge in [0.1, 0.15) is 18.2 Å². The molecule has 2 rings (SSSR count). The molecule has 0 bridgehead atoms. The van der Waals surface area contributed by atoms with Gasteiger partial charge >= 0.3 is 12.1 Å². The van der Waals surface area contributed by atoms with Crippen LogP contribution in [0.4, 0.5) is 4.79 Å². The molecule has 0 unspecified atom stereocenters. The number of hydrogen-bond acceptors (Lipinski definition) is 5. The Morgan fingerprint density at radius 3 is 2.56 bits per heavy atom. The summed E-state index contributed by atoms with van der Waals surface area (Å²) in [6.07, 6.45) is 2.70. The Kier molecular flexibility index (Phi) is 6.16. The average molecular weight is 345 g/mol. The van der Waals surface area contributed by atoms with Crippen LogP contribution in [0.15, 0.2) is 42.9 Å². The van der Waals surface area contributed by atoms with Gasteiger partial charge in [0.25, 0.3) is 0 Å². The quantitative estimate of drug-likeness (QED) is 0.785. The molecule has 1 amide bonds. The van der Waals surface area contributed by atoms with E-state index in [1.54, 1.807) is 27.0 Å². The number of aromatic nitrogens is 2. The van der Waals surface area contributed by atoms with E-state index >= 15 is 0 Å². The minimum atomic E-state index is -0.887. The van der Waals surface area contributed by atoms with Gasteiger partial charge in [-0.05, 0) is 26.3 Å². The van der Waals surface area contributed by atoms with Gasteiger partial charge in [0, 0.05) is 12.6 Å². The van der Waals surface area contributed by atoms with Crippen molar-refractivity contribution < 1.29 is 19.1 Å². The maximum Gasteiger partial charge on any atom is 0.408 e. The predicted molar refractivity (Wildman–Crippen MR) is 91.7 cm³/mol. The van der Waals surface area contributed by atoms with Gasteiger partial charge < -0.3 is 19.8 Å². The lowest BCUT2D eigenvalue weighted by Crippen LogP contribution is -2.45. The third kappa shape index (κ3) is 6.66. The minimum absolute atomic E-state index is 0.132. The zero-order valence-electron chi connectivity index (χ0n) is 14.6. The van der Waals surface area contributed by atoms with E-state index in [9.17, 15) is 9.59 Å². The van der Waals surface area contributed by atoms with Crippen molar-refractivity contribution in [2.45, 2.75) is 45.4 Å². The molecule has 25 heavy (non-hydrogen) atoms. The largest absolute Gasteiger partial charge is 0.459 e. The first-order chi connectivity index (χ1) is 11.8. The number of alkyl carbamates (subject to hydrolysis) is 1. The second kappa shape index (κ2) is 8.32. The number of esters is 1. The van der Waals surface area contributed by atoms with Gasteiger partial charge in [-0.2, -0.15) is 0 Å². The summed E-state index contributed by atoms with van der Waals surface area (Å²) in [5.41, 5.74) is 0.846. The van der Waals surface area contributed by atoms with E-state index in [4.69, 9.17) is 9.47 Å². The molecule has 0 saturated carbocycles. The van der Waals surface area contributed by atoms with E-state index in [0.717, 1.165) is 5.56 Å². The number of hydrogen-bond donors (Lipinski definition) is 2. The molecular weight excluding hydrogens is 322 g/mol. The number of carbonyl (C=O) groups is 2. The van der Waals surface area contributed by atoms with Crippen molar-refractivity contribution >= 4 is 12.1 Å². The molecule has 0 saturated heterocycles. The van der Waals surface area contributed by atoms with Crippen molar-refractivity contribution in [3.8, 4) is 0 Å². The van der Waals surface area contributed by atoms with E-state index in [1.165, 1.54) is 6.33 Å². The Bertz CT molecular complexity index is 678. The molecule has 134 valence electrons. The molecule has 7 heteroatoms. The second-order valence-electron chi connectivity index (χ2n) is 6.56. The summed E-state index contributed by atoms with van der Waals surface area (Å²) in [5, 5.41) is 2.56. The van der Waals surface area contributed by atoms with Crippen LogP contribution in [0.5, 0.6) is 0 Å². The number of carbonyl (C=O) groups excluding carboxylic acids is 2. The number of amides is 1. The van der Waals surface area contributed by atoms with Gasteiger partial charge in [0.2, 0.25) is 0 Å². The SMILES string of the molecule is CC(C)(C)OC(=O)N[C@@H](Cc1c[nH]cn1)C(=O)OCc1ccccc1.